The Morgan fingerprint density at radius 2 is 1.84 bits per heavy atom. The van der Waals surface area contributed by atoms with Crippen molar-refractivity contribution in [3.63, 3.8) is 0 Å². The fraction of sp³-hybridized carbons (Fsp3) is 0.105. The predicted octanol–water partition coefficient (Wildman–Crippen LogP) is 3.98. The number of aromatic nitrogens is 2. The van der Waals surface area contributed by atoms with Crippen LogP contribution >= 0.6 is 0 Å². The van der Waals surface area contributed by atoms with E-state index in [1.807, 2.05) is 61.5 Å². The number of nitrogens with zero attached hydrogens (tertiary/aromatic N) is 2. The van der Waals surface area contributed by atoms with Gasteiger partial charge in [0.05, 0.1) is 6.61 Å². The number of benzene rings is 2. The topological polar surface area (TPSA) is 84.3 Å². The molecule has 0 bridgehead atoms. The summed E-state index contributed by atoms with van der Waals surface area (Å²) in [5, 5.41) is 12.4. The number of carboxylic acids is 1. The number of rotatable bonds is 6. The molecule has 1 heterocycles. The van der Waals surface area contributed by atoms with Crippen LogP contribution in [0.1, 0.15) is 17.3 Å². The molecule has 0 aliphatic heterocycles. The molecule has 1 aromatic heterocycles. The number of nitrogens with one attached hydrogen (secondary N) is 1. The lowest BCUT2D eigenvalue weighted by Gasteiger charge is -2.10. The van der Waals surface area contributed by atoms with Gasteiger partial charge in [-0.15, -0.1) is 0 Å². The summed E-state index contributed by atoms with van der Waals surface area (Å²) in [6.07, 6.45) is 1.31. The SMILES string of the molecule is CCOc1ccc(-c2ncc(C(=O)O)c(Nc3ccccc3)n2)cc1. The molecular formula is C19H17N3O3. The summed E-state index contributed by atoms with van der Waals surface area (Å²) in [6, 6.07) is 16.6. The Morgan fingerprint density at radius 1 is 1.12 bits per heavy atom. The van der Waals surface area contributed by atoms with Gasteiger partial charge in [-0.1, -0.05) is 18.2 Å². The lowest BCUT2D eigenvalue weighted by atomic mass is 10.2. The Balaban J connectivity index is 1.95. The highest BCUT2D eigenvalue weighted by Gasteiger charge is 2.15. The van der Waals surface area contributed by atoms with Crippen molar-refractivity contribution in [2.75, 3.05) is 11.9 Å². The van der Waals surface area contributed by atoms with Crippen molar-refractivity contribution in [2.45, 2.75) is 6.92 Å². The van der Waals surface area contributed by atoms with Crippen LogP contribution in [-0.4, -0.2) is 27.7 Å². The van der Waals surface area contributed by atoms with E-state index in [2.05, 4.69) is 15.3 Å². The van der Waals surface area contributed by atoms with Crippen molar-refractivity contribution in [1.82, 2.24) is 9.97 Å². The minimum absolute atomic E-state index is 0.0125. The standard InChI is InChI=1S/C19H17N3O3/c1-2-25-15-10-8-13(9-11-15)17-20-12-16(19(23)24)18(22-17)21-14-6-4-3-5-7-14/h3-12H,2H2,1H3,(H,23,24)(H,20,21,22). The second-order valence-electron chi connectivity index (χ2n) is 5.21. The van der Waals surface area contributed by atoms with E-state index in [0.717, 1.165) is 17.0 Å². The molecule has 0 aliphatic carbocycles. The Bertz CT molecular complexity index is 865. The van der Waals surface area contributed by atoms with E-state index in [9.17, 15) is 9.90 Å². The van der Waals surface area contributed by atoms with Gasteiger partial charge in [-0.3, -0.25) is 0 Å². The number of aromatic carboxylic acids is 1. The van der Waals surface area contributed by atoms with Gasteiger partial charge in [0.1, 0.15) is 17.1 Å². The fourth-order valence-corrected chi connectivity index (χ4v) is 2.30. The number of carboxylic acid groups (broad SMARTS) is 1. The molecule has 2 N–H and O–H groups in total. The summed E-state index contributed by atoms with van der Waals surface area (Å²) in [4.78, 5) is 20.0. The van der Waals surface area contributed by atoms with E-state index < -0.39 is 5.97 Å². The maximum atomic E-state index is 11.4. The van der Waals surface area contributed by atoms with E-state index in [-0.39, 0.29) is 11.4 Å². The van der Waals surface area contributed by atoms with Gasteiger partial charge in [-0.25, -0.2) is 14.8 Å². The second kappa shape index (κ2) is 7.44. The van der Waals surface area contributed by atoms with E-state index in [4.69, 9.17) is 4.74 Å². The number of carbonyl (C=O) groups is 1. The average Bonchev–Trinajstić information content (AvgIpc) is 2.63. The number of hydrogen-bond donors (Lipinski definition) is 2. The van der Waals surface area contributed by atoms with Gasteiger partial charge in [0.2, 0.25) is 0 Å². The minimum Gasteiger partial charge on any atom is -0.494 e. The molecule has 0 unspecified atom stereocenters. The highest BCUT2D eigenvalue weighted by atomic mass is 16.5. The third-order valence-corrected chi connectivity index (χ3v) is 3.48. The Kier molecular flexibility index (Phi) is 4.89. The van der Waals surface area contributed by atoms with Gasteiger partial charge in [-0.2, -0.15) is 0 Å². The van der Waals surface area contributed by atoms with Gasteiger partial charge < -0.3 is 15.2 Å². The van der Waals surface area contributed by atoms with Crippen LogP contribution < -0.4 is 10.1 Å². The van der Waals surface area contributed by atoms with Crippen LogP contribution in [0, 0.1) is 0 Å². The summed E-state index contributed by atoms with van der Waals surface area (Å²) in [5.41, 5.74) is 1.54. The quantitative estimate of drug-likeness (QED) is 0.709. The summed E-state index contributed by atoms with van der Waals surface area (Å²) in [6.45, 7) is 2.51. The molecule has 3 rings (SSSR count). The number of hydrogen-bond acceptors (Lipinski definition) is 5. The van der Waals surface area contributed by atoms with Crippen LogP contribution in [0.4, 0.5) is 11.5 Å². The molecule has 0 radical (unpaired) electrons. The Morgan fingerprint density at radius 3 is 2.48 bits per heavy atom. The zero-order valence-corrected chi connectivity index (χ0v) is 13.6. The normalized spacial score (nSPS) is 10.3. The lowest BCUT2D eigenvalue weighted by molar-refractivity contribution is 0.0697. The van der Waals surface area contributed by atoms with Crippen LogP contribution in [0.5, 0.6) is 5.75 Å². The smallest absolute Gasteiger partial charge is 0.341 e. The molecule has 0 fully saturated rings. The first-order valence-electron chi connectivity index (χ1n) is 7.83. The van der Waals surface area contributed by atoms with E-state index >= 15 is 0 Å². The van der Waals surface area contributed by atoms with Crippen molar-refractivity contribution in [2.24, 2.45) is 0 Å². The average molecular weight is 335 g/mol. The summed E-state index contributed by atoms with van der Waals surface area (Å²) in [7, 11) is 0. The summed E-state index contributed by atoms with van der Waals surface area (Å²) >= 11 is 0. The maximum absolute atomic E-state index is 11.4. The first-order valence-corrected chi connectivity index (χ1v) is 7.83. The molecule has 0 atom stereocenters. The molecule has 6 nitrogen and oxygen atoms in total. The largest absolute Gasteiger partial charge is 0.494 e. The van der Waals surface area contributed by atoms with Crippen molar-refractivity contribution in [3.05, 3.63) is 66.4 Å². The number of anilines is 2. The fourth-order valence-electron chi connectivity index (χ4n) is 2.30. The molecule has 0 aliphatic rings. The molecule has 6 heteroatoms. The van der Waals surface area contributed by atoms with Gasteiger partial charge >= 0.3 is 5.97 Å². The van der Waals surface area contributed by atoms with Gasteiger partial charge in [0.15, 0.2) is 5.82 Å². The van der Waals surface area contributed by atoms with Gasteiger partial charge in [0.25, 0.3) is 0 Å². The highest BCUT2D eigenvalue weighted by molar-refractivity contribution is 5.94. The monoisotopic (exact) mass is 335 g/mol. The van der Waals surface area contributed by atoms with Gasteiger partial charge in [0, 0.05) is 17.4 Å². The molecule has 3 aromatic rings. The van der Waals surface area contributed by atoms with Gasteiger partial charge in [-0.05, 0) is 43.3 Å². The van der Waals surface area contributed by atoms with E-state index in [0.29, 0.717) is 12.4 Å². The Labute approximate surface area is 145 Å². The van der Waals surface area contributed by atoms with Crippen LogP contribution in [-0.2, 0) is 0 Å². The molecule has 0 spiro atoms. The van der Waals surface area contributed by atoms with Crippen molar-refractivity contribution >= 4 is 17.5 Å². The molecule has 2 aromatic carbocycles. The van der Waals surface area contributed by atoms with Crippen LogP contribution in [0.3, 0.4) is 0 Å². The van der Waals surface area contributed by atoms with E-state index in [1.165, 1.54) is 6.20 Å². The zero-order chi connectivity index (χ0) is 17.6. The van der Waals surface area contributed by atoms with Crippen molar-refractivity contribution < 1.29 is 14.6 Å². The van der Waals surface area contributed by atoms with E-state index in [1.54, 1.807) is 0 Å². The maximum Gasteiger partial charge on any atom is 0.341 e. The molecule has 126 valence electrons. The second-order valence-corrected chi connectivity index (χ2v) is 5.21. The third-order valence-electron chi connectivity index (χ3n) is 3.48. The highest BCUT2D eigenvalue weighted by Crippen LogP contribution is 2.24. The predicted molar refractivity (Wildman–Crippen MR) is 95.3 cm³/mol. The first kappa shape index (κ1) is 16.4. The number of ether oxygens (including phenoxy) is 1. The summed E-state index contributed by atoms with van der Waals surface area (Å²) < 4.78 is 5.42. The third kappa shape index (κ3) is 3.92. The zero-order valence-electron chi connectivity index (χ0n) is 13.6. The molecular weight excluding hydrogens is 318 g/mol. The van der Waals surface area contributed by atoms with Crippen molar-refractivity contribution in [3.8, 4) is 17.1 Å². The lowest BCUT2D eigenvalue weighted by Crippen LogP contribution is -2.07. The van der Waals surface area contributed by atoms with Crippen LogP contribution in [0.15, 0.2) is 60.8 Å². The molecule has 0 saturated carbocycles. The van der Waals surface area contributed by atoms with Crippen LogP contribution in [0.2, 0.25) is 0 Å². The molecule has 0 amide bonds. The molecule has 0 saturated heterocycles. The van der Waals surface area contributed by atoms with Crippen molar-refractivity contribution in [1.29, 1.82) is 0 Å². The minimum atomic E-state index is -1.09. The van der Waals surface area contributed by atoms with Crippen LogP contribution in [0.25, 0.3) is 11.4 Å². The summed E-state index contributed by atoms with van der Waals surface area (Å²) in [5.74, 6) is 0.358. The first-order chi connectivity index (χ1) is 12.2. The number of para-hydroxylation sites is 1. The Hall–Kier alpha value is -3.41. The molecule has 25 heavy (non-hydrogen) atoms.